The van der Waals surface area contributed by atoms with Gasteiger partial charge in [-0.05, 0) is 18.1 Å². The first-order valence-electron chi connectivity index (χ1n) is 6.12. The Morgan fingerprint density at radius 3 is 2.82 bits per heavy atom. The molecule has 0 spiro atoms. The van der Waals surface area contributed by atoms with Gasteiger partial charge < -0.3 is 9.16 Å². The van der Waals surface area contributed by atoms with Gasteiger partial charge in [-0.15, -0.1) is 0 Å². The molecular weight excluding hydrogens is 232 g/mol. The van der Waals surface area contributed by atoms with Crippen molar-refractivity contribution in [3.63, 3.8) is 0 Å². The second kappa shape index (κ2) is 4.14. The highest BCUT2D eigenvalue weighted by atomic mass is 28.4. The largest absolute Gasteiger partial charge is 0.475 e. The van der Waals surface area contributed by atoms with Crippen molar-refractivity contribution >= 4 is 8.32 Å². The fourth-order valence-corrected chi connectivity index (χ4v) is 3.00. The Bertz CT molecular complexity index is 395. The molecule has 0 fully saturated rings. The zero-order valence-corrected chi connectivity index (χ0v) is 12.4. The van der Waals surface area contributed by atoms with Gasteiger partial charge in [0, 0.05) is 6.07 Å². The fourth-order valence-electron chi connectivity index (χ4n) is 1.67. The van der Waals surface area contributed by atoms with Crippen LogP contribution in [0.4, 0.5) is 0 Å². The van der Waals surface area contributed by atoms with E-state index < -0.39 is 8.32 Å². The van der Waals surface area contributed by atoms with Gasteiger partial charge in [-0.25, -0.2) is 4.68 Å². The van der Waals surface area contributed by atoms with Gasteiger partial charge in [0.25, 0.3) is 0 Å². The molecule has 2 rings (SSSR count). The Kier molecular flexibility index (Phi) is 3.07. The zero-order chi connectivity index (χ0) is 12.7. The molecule has 0 N–H and O–H groups in total. The Morgan fingerprint density at radius 1 is 1.47 bits per heavy atom. The van der Waals surface area contributed by atoms with Crippen molar-refractivity contribution in [1.82, 2.24) is 9.78 Å². The van der Waals surface area contributed by atoms with Crippen molar-refractivity contribution in [3.05, 3.63) is 12.3 Å². The minimum Gasteiger partial charge on any atom is -0.475 e. The summed E-state index contributed by atoms with van der Waals surface area (Å²) in [5.41, 5.74) is 0. The topological polar surface area (TPSA) is 36.3 Å². The molecule has 0 aliphatic carbocycles. The Hall–Kier alpha value is -0.813. The first kappa shape index (κ1) is 12.6. The smallest absolute Gasteiger partial charge is 0.211 e. The lowest BCUT2D eigenvalue weighted by Crippen LogP contribution is -2.47. The van der Waals surface area contributed by atoms with E-state index in [1.54, 1.807) is 6.20 Å². The molecule has 1 aliphatic heterocycles. The second-order valence-corrected chi connectivity index (χ2v) is 10.9. The second-order valence-electron chi connectivity index (χ2n) is 6.16. The third kappa shape index (κ3) is 2.55. The van der Waals surface area contributed by atoms with Gasteiger partial charge in [0.1, 0.15) is 6.61 Å². The number of nitrogens with zero attached hydrogens (tertiary/aromatic N) is 2. The molecule has 4 nitrogen and oxygen atoms in total. The number of aromatic nitrogens is 2. The van der Waals surface area contributed by atoms with Crippen molar-refractivity contribution in [2.75, 3.05) is 6.61 Å². The summed E-state index contributed by atoms with van der Waals surface area (Å²) >= 11 is 0. The summed E-state index contributed by atoms with van der Waals surface area (Å²) in [5, 5.41) is 4.46. The van der Waals surface area contributed by atoms with Crippen LogP contribution in [0.5, 0.6) is 5.88 Å². The van der Waals surface area contributed by atoms with Crippen LogP contribution in [0.1, 0.15) is 20.8 Å². The molecule has 0 amide bonds. The molecule has 0 saturated carbocycles. The molecule has 1 aromatic rings. The van der Waals surface area contributed by atoms with Crippen LogP contribution in [0, 0.1) is 0 Å². The predicted octanol–water partition coefficient (Wildman–Crippen LogP) is 2.67. The Morgan fingerprint density at radius 2 is 2.18 bits per heavy atom. The maximum Gasteiger partial charge on any atom is 0.211 e. The predicted molar refractivity (Wildman–Crippen MR) is 69.8 cm³/mol. The van der Waals surface area contributed by atoms with Crippen LogP contribution in [-0.4, -0.2) is 30.8 Å². The highest BCUT2D eigenvalue weighted by Gasteiger charge is 2.40. The number of hydrogen-bond acceptors (Lipinski definition) is 3. The van der Waals surface area contributed by atoms with E-state index in [9.17, 15) is 0 Å². The van der Waals surface area contributed by atoms with Gasteiger partial charge in [0.15, 0.2) is 8.32 Å². The third-order valence-corrected chi connectivity index (χ3v) is 8.27. The molecule has 1 aromatic heterocycles. The highest BCUT2D eigenvalue weighted by molar-refractivity contribution is 6.74. The van der Waals surface area contributed by atoms with Crippen LogP contribution < -0.4 is 4.74 Å². The van der Waals surface area contributed by atoms with E-state index in [0.717, 1.165) is 12.4 Å². The molecule has 17 heavy (non-hydrogen) atoms. The summed E-state index contributed by atoms with van der Waals surface area (Å²) in [7, 11) is -1.71. The molecule has 0 saturated heterocycles. The SMILES string of the molecule is CC(C)(C)[Si](C)(C)OC1COc2ccnn2C1. The van der Waals surface area contributed by atoms with Crippen LogP contribution in [0.15, 0.2) is 12.3 Å². The Balaban J connectivity index is 2.03. The van der Waals surface area contributed by atoms with Gasteiger partial charge in [-0.3, -0.25) is 0 Å². The molecule has 5 heteroatoms. The first-order chi connectivity index (χ1) is 7.79. The maximum absolute atomic E-state index is 6.32. The summed E-state index contributed by atoms with van der Waals surface area (Å²) in [4.78, 5) is 0. The van der Waals surface area contributed by atoms with Crippen molar-refractivity contribution in [2.24, 2.45) is 0 Å². The van der Waals surface area contributed by atoms with Crippen molar-refractivity contribution in [3.8, 4) is 5.88 Å². The van der Waals surface area contributed by atoms with E-state index in [4.69, 9.17) is 9.16 Å². The quantitative estimate of drug-likeness (QED) is 0.761. The van der Waals surface area contributed by atoms with Crippen molar-refractivity contribution < 1.29 is 9.16 Å². The van der Waals surface area contributed by atoms with E-state index >= 15 is 0 Å². The van der Waals surface area contributed by atoms with E-state index in [1.807, 2.05) is 10.7 Å². The minimum atomic E-state index is -1.71. The average molecular weight is 254 g/mol. The number of fused-ring (bicyclic) bond motifs is 1. The molecule has 96 valence electrons. The molecule has 1 aliphatic rings. The number of hydrogen-bond donors (Lipinski definition) is 0. The van der Waals surface area contributed by atoms with Crippen molar-refractivity contribution in [1.29, 1.82) is 0 Å². The van der Waals surface area contributed by atoms with Crippen molar-refractivity contribution in [2.45, 2.75) is 51.6 Å². The average Bonchev–Trinajstić information content (AvgIpc) is 2.62. The number of ether oxygens (including phenoxy) is 1. The van der Waals surface area contributed by atoms with Crippen LogP contribution in [0.3, 0.4) is 0 Å². The number of rotatable bonds is 2. The molecule has 0 bridgehead atoms. The summed E-state index contributed by atoms with van der Waals surface area (Å²) < 4.78 is 13.8. The van der Waals surface area contributed by atoms with Crippen LogP contribution in [-0.2, 0) is 11.0 Å². The van der Waals surface area contributed by atoms with E-state index in [-0.39, 0.29) is 11.1 Å². The molecule has 0 radical (unpaired) electrons. The molecule has 2 heterocycles. The van der Waals surface area contributed by atoms with Gasteiger partial charge >= 0.3 is 0 Å². The normalized spacial score (nSPS) is 20.9. The van der Waals surface area contributed by atoms with E-state index in [1.165, 1.54) is 0 Å². The van der Waals surface area contributed by atoms with Crippen LogP contribution in [0.2, 0.25) is 18.1 Å². The summed E-state index contributed by atoms with van der Waals surface area (Å²) in [6.45, 7) is 12.7. The molecular formula is C12H22N2O2Si. The third-order valence-electron chi connectivity index (χ3n) is 3.74. The standard InChI is InChI=1S/C12H22N2O2Si/c1-12(2,3)17(4,5)16-10-8-14-11(15-9-10)6-7-13-14/h6-7,10H,8-9H2,1-5H3. The summed E-state index contributed by atoms with van der Waals surface area (Å²) in [5.74, 6) is 0.847. The van der Waals surface area contributed by atoms with Crippen LogP contribution >= 0.6 is 0 Å². The summed E-state index contributed by atoms with van der Waals surface area (Å²) in [6.07, 6.45) is 1.90. The van der Waals surface area contributed by atoms with Gasteiger partial charge in [-0.2, -0.15) is 5.10 Å². The van der Waals surface area contributed by atoms with Gasteiger partial charge in [0.2, 0.25) is 5.88 Å². The monoisotopic (exact) mass is 254 g/mol. The maximum atomic E-state index is 6.32. The molecule has 0 aromatic carbocycles. The Labute approximate surface area is 104 Å². The zero-order valence-electron chi connectivity index (χ0n) is 11.4. The minimum absolute atomic E-state index is 0.128. The summed E-state index contributed by atoms with van der Waals surface area (Å²) in [6, 6.07) is 1.89. The van der Waals surface area contributed by atoms with Crippen LogP contribution in [0.25, 0.3) is 0 Å². The van der Waals surface area contributed by atoms with Gasteiger partial charge in [0.05, 0.1) is 18.8 Å². The fraction of sp³-hybridized carbons (Fsp3) is 0.750. The lowest BCUT2D eigenvalue weighted by molar-refractivity contribution is 0.0636. The van der Waals surface area contributed by atoms with Gasteiger partial charge in [-0.1, -0.05) is 20.8 Å². The van der Waals surface area contributed by atoms with E-state index in [2.05, 4.69) is 39.0 Å². The van der Waals surface area contributed by atoms with E-state index in [0.29, 0.717) is 6.61 Å². The lowest BCUT2D eigenvalue weighted by atomic mass is 10.2. The highest BCUT2D eigenvalue weighted by Crippen LogP contribution is 2.37. The molecule has 1 atom stereocenters. The first-order valence-corrected chi connectivity index (χ1v) is 9.03. The lowest BCUT2D eigenvalue weighted by Gasteiger charge is -2.40. The molecule has 1 unspecified atom stereocenters.